The third-order valence-electron chi connectivity index (χ3n) is 3.49. The van der Waals surface area contributed by atoms with Gasteiger partial charge in [-0.25, -0.2) is 9.18 Å². The van der Waals surface area contributed by atoms with Crippen LogP contribution >= 0.6 is 11.8 Å². The number of esters is 1. The van der Waals surface area contributed by atoms with Crippen molar-refractivity contribution >= 4 is 17.7 Å². The maximum Gasteiger partial charge on any atom is 0.339 e. The number of methoxy groups -OCH3 is 1. The minimum absolute atomic E-state index is 0.0899. The summed E-state index contributed by atoms with van der Waals surface area (Å²) in [5.41, 5.74) is 0.863. The average molecular weight is 398 g/mol. The zero-order valence-corrected chi connectivity index (χ0v) is 15.6. The Bertz CT molecular complexity index is 1030. The van der Waals surface area contributed by atoms with Crippen LogP contribution < -0.4 is 4.74 Å². The number of ether oxygens (including phenoxy) is 2. The second-order valence-electron chi connectivity index (χ2n) is 5.27. The van der Waals surface area contributed by atoms with Gasteiger partial charge in [-0.05, 0) is 40.8 Å². The smallest absolute Gasteiger partial charge is 0.339 e. The van der Waals surface area contributed by atoms with Gasteiger partial charge in [0, 0.05) is 0 Å². The molecule has 3 rings (SSSR count). The fourth-order valence-electron chi connectivity index (χ4n) is 2.23. The van der Waals surface area contributed by atoms with Crippen molar-refractivity contribution in [2.45, 2.75) is 5.16 Å². The average Bonchev–Trinajstić information content (AvgIpc) is 3.18. The number of carbonyl (C=O) groups excluding carboxylic acids is 1. The van der Waals surface area contributed by atoms with Gasteiger partial charge in [-0.2, -0.15) is 4.68 Å². The lowest BCUT2D eigenvalue weighted by Crippen LogP contribution is -2.05. The van der Waals surface area contributed by atoms with E-state index >= 15 is 0 Å². The monoisotopic (exact) mass is 398 g/mol. The number of tetrazole rings is 1. The molecule has 3 aromatic rings. The number of benzene rings is 2. The van der Waals surface area contributed by atoms with Crippen molar-refractivity contribution < 1.29 is 18.7 Å². The van der Waals surface area contributed by atoms with E-state index in [2.05, 4.69) is 27.4 Å². The number of thioether (sulfide) groups is 1. The first-order valence-corrected chi connectivity index (χ1v) is 9.10. The van der Waals surface area contributed by atoms with Gasteiger partial charge in [-0.15, -0.1) is 5.10 Å². The maximum atomic E-state index is 13.1. The molecule has 0 radical (unpaired) electrons. The Morgan fingerprint density at radius 2 is 2.07 bits per heavy atom. The summed E-state index contributed by atoms with van der Waals surface area (Å²) in [7, 11) is 1.58. The van der Waals surface area contributed by atoms with E-state index in [1.165, 1.54) is 30.0 Å². The molecule has 142 valence electrons. The van der Waals surface area contributed by atoms with Crippen LogP contribution in [0, 0.1) is 17.7 Å². The van der Waals surface area contributed by atoms with E-state index in [0.717, 1.165) is 11.8 Å². The molecule has 0 bridgehead atoms. The van der Waals surface area contributed by atoms with E-state index in [4.69, 9.17) is 9.47 Å². The van der Waals surface area contributed by atoms with Crippen LogP contribution in [0.5, 0.6) is 5.75 Å². The molecule has 0 unspecified atom stereocenters. The predicted octanol–water partition coefficient (Wildman–Crippen LogP) is 2.76. The standard InChI is InChI=1S/C19H15FN4O3S/c1-26-17-10-3-2-9-16(17)24-19(21-22-23-24)28-12-5-4-11-27-18(25)14-7-6-8-15(20)13-14/h2-3,6-10,13H,11-12H2,1H3. The summed E-state index contributed by atoms with van der Waals surface area (Å²) in [6.45, 7) is -0.0899. The van der Waals surface area contributed by atoms with Crippen molar-refractivity contribution in [3.63, 3.8) is 0 Å². The van der Waals surface area contributed by atoms with Gasteiger partial charge in [0.25, 0.3) is 0 Å². The summed E-state index contributed by atoms with van der Waals surface area (Å²) in [4.78, 5) is 11.8. The Hall–Kier alpha value is -3.38. The predicted molar refractivity (Wildman–Crippen MR) is 101 cm³/mol. The second kappa shape index (κ2) is 9.53. The van der Waals surface area contributed by atoms with Crippen LogP contribution in [0.2, 0.25) is 0 Å². The Morgan fingerprint density at radius 1 is 1.21 bits per heavy atom. The number of halogens is 1. The van der Waals surface area contributed by atoms with Crippen molar-refractivity contribution in [2.24, 2.45) is 0 Å². The lowest BCUT2D eigenvalue weighted by molar-refractivity contribution is 0.0556. The quantitative estimate of drug-likeness (QED) is 0.359. The first kappa shape index (κ1) is 19.4. The number of aromatic nitrogens is 4. The number of nitrogens with zero attached hydrogens (tertiary/aromatic N) is 4. The number of hydrogen-bond donors (Lipinski definition) is 0. The van der Waals surface area contributed by atoms with E-state index in [-0.39, 0.29) is 12.2 Å². The molecule has 0 N–H and O–H groups in total. The molecule has 0 saturated carbocycles. The molecule has 0 saturated heterocycles. The molecular formula is C19H15FN4O3S. The Morgan fingerprint density at radius 3 is 2.89 bits per heavy atom. The Kier molecular flexibility index (Phi) is 6.59. The minimum atomic E-state index is -0.624. The van der Waals surface area contributed by atoms with Crippen LogP contribution in [-0.4, -0.2) is 45.6 Å². The second-order valence-corrected chi connectivity index (χ2v) is 6.22. The van der Waals surface area contributed by atoms with E-state index in [1.807, 2.05) is 24.3 Å². The SMILES string of the molecule is COc1ccccc1-n1nnnc1SCC#CCOC(=O)c1cccc(F)c1. The zero-order chi connectivity index (χ0) is 19.8. The molecular weight excluding hydrogens is 383 g/mol. The molecule has 2 aromatic carbocycles. The molecule has 1 aromatic heterocycles. The van der Waals surface area contributed by atoms with E-state index in [0.29, 0.717) is 16.7 Å². The fraction of sp³-hybridized carbons (Fsp3) is 0.158. The summed E-state index contributed by atoms with van der Waals surface area (Å²) in [5.74, 6) is 5.53. The van der Waals surface area contributed by atoms with Gasteiger partial charge in [0.1, 0.15) is 17.3 Å². The van der Waals surface area contributed by atoms with Crippen molar-refractivity contribution in [1.29, 1.82) is 0 Å². The van der Waals surface area contributed by atoms with E-state index < -0.39 is 11.8 Å². The Labute approximate surface area is 164 Å². The number of rotatable bonds is 6. The highest BCUT2D eigenvalue weighted by Gasteiger charge is 2.12. The summed E-state index contributed by atoms with van der Waals surface area (Å²) >= 11 is 1.33. The molecule has 0 fully saturated rings. The van der Waals surface area contributed by atoms with Gasteiger partial charge in [0.15, 0.2) is 6.61 Å². The molecule has 0 atom stereocenters. The highest BCUT2D eigenvalue weighted by molar-refractivity contribution is 7.99. The van der Waals surface area contributed by atoms with Gasteiger partial charge >= 0.3 is 5.97 Å². The molecule has 1 heterocycles. The number of hydrogen-bond acceptors (Lipinski definition) is 7. The fourth-order valence-corrected chi connectivity index (χ4v) is 2.88. The third-order valence-corrected chi connectivity index (χ3v) is 4.29. The summed E-state index contributed by atoms with van der Waals surface area (Å²) in [5, 5.41) is 12.2. The molecule has 0 aliphatic heterocycles. The topological polar surface area (TPSA) is 79.1 Å². The van der Waals surface area contributed by atoms with Crippen molar-refractivity contribution in [3.05, 3.63) is 59.9 Å². The summed E-state index contributed by atoms with van der Waals surface area (Å²) in [6.07, 6.45) is 0. The van der Waals surface area contributed by atoms with Crippen LogP contribution in [0.15, 0.2) is 53.7 Å². The van der Waals surface area contributed by atoms with Gasteiger partial charge in [-0.3, -0.25) is 0 Å². The summed E-state index contributed by atoms with van der Waals surface area (Å²) in [6, 6.07) is 12.7. The molecule has 9 heteroatoms. The van der Waals surface area contributed by atoms with Crippen LogP contribution in [0.3, 0.4) is 0 Å². The lowest BCUT2D eigenvalue weighted by atomic mass is 10.2. The highest BCUT2D eigenvalue weighted by Crippen LogP contribution is 2.25. The molecule has 7 nitrogen and oxygen atoms in total. The minimum Gasteiger partial charge on any atom is -0.494 e. The van der Waals surface area contributed by atoms with Gasteiger partial charge < -0.3 is 9.47 Å². The maximum absolute atomic E-state index is 13.1. The van der Waals surface area contributed by atoms with Gasteiger partial charge in [0.2, 0.25) is 5.16 Å². The molecule has 0 aliphatic rings. The first-order chi connectivity index (χ1) is 13.7. The van der Waals surface area contributed by atoms with Gasteiger partial charge in [0.05, 0.1) is 18.4 Å². The highest BCUT2D eigenvalue weighted by atomic mass is 32.2. The molecule has 0 amide bonds. The lowest BCUT2D eigenvalue weighted by Gasteiger charge is -2.08. The van der Waals surface area contributed by atoms with E-state index in [1.54, 1.807) is 11.8 Å². The zero-order valence-electron chi connectivity index (χ0n) is 14.8. The van der Waals surface area contributed by atoms with Crippen LogP contribution in [0.1, 0.15) is 10.4 Å². The van der Waals surface area contributed by atoms with Crippen molar-refractivity contribution in [2.75, 3.05) is 19.5 Å². The van der Waals surface area contributed by atoms with Gasteiger partial charge in [-0.1, -0.05) is 41.8 Å². The largest absolute Gasteiger partial charge is 0.494 e. The van der Waals surface area contributed by atoms with Crippen molar-refractivity contribution in [1.82, 2.24) is 20.2 Å². The van der Waals surface area contributed by atoms with Crippen molar-refractivity contribution in [3.8, 4) is 23.3 Å². The van der Waals surface area contributed by atoms with Crippen LogP contribution in [-0.2, 0) is 4.74 Å². The Balaban J connectivity index is 1.53. The van der Waals surface area contributed by atoms with E-state index in [9.17, 15) is 9.18 Å². The number of carbonyl (C=O) groups is 1. The number of para-hydroxylation sites is 2. The molecule has 0 aliphatic carbocycles. The molecule has 0 spiro atoms. The summed E-state index contributed by atoms with van der Waals surface area (Å²) < 4.78 is 25.0. The molecule has 28 heavy (non-hydrogen) atoms. The van der Waals surface area contributed by atoms with Crippen LogP contribution in [0.4, 0.5) is 4.39 Å². The first-order valence-electron chi connectivity index (χ1n) is 8.12. The third kappa shape index (κ3) is 4.86. The van der Waals surface area contributed by atoms with Crippen LogP contribution in [0.25, 0.3) is 5.69 Å². The normalized spacial score (nSPS) is 10.1.